The van der Waals surface area contributed by atoms with E-state index in [1.807, 2.05) is 0 Å². The van der Waals surface area contributed by atoms with Crippen molar-refractivity contribution in [2.24, 2.45) is 0 Å². The Labute approximate surface area is 234 Å². The molecule has 0 fully saturated rings. The van der Waals surface area contributed by atoms with E-state index >= 15 is 0 Å². The molecule has 226 valence electrons. The molecule has 1 rings (SSSR count). The zero-order valence-corrected chi connectivity index (χ0v) is 24.6. The fraction of sp³-hybridized carbons (Fsp3) is 0.885. The third kappa shape index (κ3) is 22.4. The molecular weight excluding hydrogens is 524 g/mol. The normalized spacial score (nSPS) is 11.5. The van der Waals surface area contributed by atoms with E-state index < -0.39 is 15.9 Å². The van der Waals surface area contributed by atoms with Gasteiger partial charge in [-0.25, -0.2) is 8.42 Å². The van der Waals surface area contributed by atoms with E-state index in [0.29, 0.717) is 32.8 Å². The van der Waals surface area contributed by atoms with Crippen LogP contribution in [0.4, 0.5) is 0 Å². The van der Waals surface area contributed by atoms with Crippen LogP contribution in [0.15, 0.2) is 0 Å². The van der Waals surface area contributed by atoms with Gasteiger partial charge in [-0.3, -0.25) is 14.3 Å². The van der Waals surface area contributed by atoms with E-state index in [1.54, 1.807) is 7.11 Å². The standard InChI is InChI=1S/C26H50N6O6S/c1-37-21-22-38-20-19-27-25(33)18-15-23-39(35,36)30-26(34)17-14-12-10-8-6-4-2-3-5-7-9-11-13-16-24-28-31-32-29-24/h2-23H2,1H3,(H,27,33)(H,30,34)(H,28,29,31,32). The molecule has 1 aromatic heterocycles. The van der Waals surface area contributed by atoms with Crippen molar-refractivity contribution in [1.29, 1.82) is 0 Å². The smallest absolute Gasteiger partial charge is 0.234 e. The molecule has 0 radical (unpaired) electrons. The van der Waals surface area contributed by atoms with Crippen LogP contribution < -0.4 is 10.0 Å². The Morgan fingerprint density at radius 1 is 0.769 bits per heavy atom. The fourth-order valence-electron chi connectivity index (χ4n) is 4.10. The van der Waals surface area contributed by atoms with Gasteiger partial charge >= 0.3 is 0 Å². The van der Waals surface area contributed by atoms with E-state index in [4.69, 9.17) is 9.47 Å². The van der Waals surface area contributed by atoms with E-state index in [-0.39, 0.29) is 30.9 Å². The number of hydrogen-bond acceptors (Lipinski definition) is 9. The first kappa shape index (κ1) is 34.9. The van der Waals surface area contributed by atoms with Crippen molar-refractivity contribution in [3.05, 3.63) is 5.82 Å². The van der Waals surface area contributed by atoms with E-state index in [1.165, 1.54) is 51.4 Å². The number of nitrogens with zero attached hydrogens (tertiary/aromatic N) is 3. The number of ether oxygens (including phenoxy) is 2. The fourth-order valence-corrected chi connectivity index (χ4v) is 5.17. The van der Waals surface area contributed by atoms with Gasteiger partial charge in [0.25, 0.3) is 0 Å². The molecule has 0 saturated carbocycles. The highest BCUT2D eigenvalue weighted by atomic mass is 32.2. The molecule has 1 heterocycles. The van der Waals surface area contributed by atoms with E-state index in [2.05, 4.69) is 30.7 Å². The average Bonchev–Trinajstić information content (AvgIpc) is 3.41. The second kappa shape index (κ2) is 23.7. The maximum Gasteiger partial charge on any atom is 0.234 e. The van der Waals surface area contributed by atoms with Crippen molar-refractivity contribution in [3.8, 4) is 0 Å². The predicted octanol–water partition coefficient (Wildman–Crippen LogP) is 3.21. The molecule has 0 aliphatic heterocycles. The largest absolute Gasteiger partial charge is 0.382 e. The molecule has 0 aliphatic rings. The lowest BCUT2D eigenvalue weighted by Crippen LogP contribution is -2.33. The minimum absolute atomic E-state index is 0.0801. The van der Waals surface area contributed by atoms with Crippen molar-refractivity contribution < 1.29 is 27.5 Å². The van der Waals surface area contributed by atoms with Crippen LogP contribution in [0.5, 0.6) is 0 Å². The maximum absolute atomic E-state index is 12.1. The number of nitrogens with one attached hydrogen (secondary N) is 3. The van der Waals surface area contributed by atoms with Crippen LogP contribution in [0.1, 0.15) is 109 Å². The third-order valence-corrected chi connectivity index (χ3v) is 7.64. The molecule has 13 heteroatoms. The number of aryl methyl sites for hydroxylation is 1. The van der Waals surface area contributed by atoms with Gasteiger partial charge in [0.2, 0.25) is 21.8 Å². The zero-order valence-electron chi connectivity index (χ0n) is 23.8. The number of amides is 2. The molecule has 0 saturated heterocycles. The average molecular weight is 575 g/mol. The van der Waals surface area contributed by atoms with Crippen LogP contribution in [-0.4, -0.2) is 80.1 Å². The van der Waals surface area contributed by atoms with Gasteiger partial charge < -0.3 is 14.8 Å². The van der Waals surface area contributed by atoms with Gasteiger partial charge in [-0.15, -0.1) is 10.2 Å². The Morgan fingerprint density at radius 2 is 1.36 bits per heavy atom. The van der Waals surface area contributed by atoms with Crippen LogP contribution in [0, 0.1) is 0 Å². The monoisotopic (exact) mass is 574 g/mol. The van der Waals surface area contributed by atoms with Gasteiger partial charge in [-0.2, -0.15) is 5.21 Å². The van der Waals surface area contributed by atoms with Crippen molar-refractivity contribution in [2.45, 2.75) is 109 Å². The molecule has 0 aromatic carbocycles. The van der Waals surface area contributed by atoms with Crippen LogP contribution in [0.2, 0.25) is 0 Å². The minimum atomic E-state index is -3.72. The van der Waals surface area contributed by atoms with Gasteiger partial charge in [-0.05, 0) is 19.3 Å². The molecule has 1 aromatic rings. The summed E-state index contributed by atoms with van der Waals surface area (Å²) in [5.41, 5.74) is 0. The second-order valence-corrected chi connectivity index (χ2v) is 11.7. The number of carbonyl (C=O) groups is 2. The number of unbranched alkanes of at least 4 members (excludes halogenated alkanes) is 12. The first-order valence-corrected chi connectivity index (χ1v) is 16.2. The summed E-state index contributed by atoms with van der Waals surface area (Å²) in [4.78, 5) is 23.7. The number of H-pyrrole nitrogens is 1. The SMILES string of the molecule is COCCOCCNC(=O)CCCS(=O)(=O)NC(=O)CCCCCCCCCCCCCCCc1nn[nH]n1. The molecule has 0 atom stereocenters. The summed E-state index contributed by atoms with van der Waals surface area (Å²) in [6.45, 7) is 1.68. The Hall–Kier alpha value is -2.12. The van der Waals surface area contributed by atoms with E-state index in [0.717, 1.165) is 37.9 Å². The number of hydrogen-bond donors (Lipinski definition) is 3. The summed E-state index contributed by atoms with van der Waals surface area (Å²) in [5.74, 6) is -0.162. The number of tetrazole rings is 1. The zero-order chi connectivity index (χ0) is 28.4. The Morgan fingerprint density at radius 3 is 1.95 bits per heavy atom. The number of sulfonamides is 1. The van der Waals surface area contributed by atoms with Gasteiger partial charge in [0.05, 0.1) is 25.6 Å². The number of carbonyl (C=O) groups excluding carboxylic acids is 2. The summed E-state index contributed by atoms with van der Waals surface area (Å²) >= 11 is 0. The first-order valence-electron chi connectivity index (χ1n) is 14.5. The molecule has 0 aliphatic carbocycles. The summed E-state index contributed by atoms with van der Waals surface area (Å²) < 4.78 is 36.3. The number of aromatic nitrogens is 4. The first-order chi connectivity index (χ1) is 18.9. The van der Waals surface area contributed by atoms with Gasteiger partial charge in [0.15, 0.2) is 5.82 Å². The topological polar surface area (TPSA) is 165 Å². The maximum atomic E-state index is 12.1. The number of methoxy groups -OCH3 is 1. The molecule has 0 spiro atoms. The highest BCUT2D eigenvalue weighted by Gasteiger charge is 2.15. The lowest BCUT2D eigenvalue weighted by atomic mass is 10.0. The molecular formula is C26H50N6O6S. The van der Waals surface area contributed by atoms with E-state index in [9.17, 15) is 18.0 Å². The minimum Gasteiger partial charge on any atom is -0.382 e. The summed E-state index contributed by atoms with van der Waals surface area (Å²) in [7, 11) is -2.13. The van der Waals surface area contributed by atoms with Crippen LogP contribution >= 0.6 is 0 Å². The van der Waals surface area contributed by atoms with Gasteiger partial charge in [0, 0.05) is 32.9 Å². The number of rotatable bonds is 27. The summed E-state index contributed by atoms with van der Waals surface area (Å²) in [6.07, 6.45) is 16.3. The Bertz CT molecular complexity index is 838. The van der Waals surface area contributed by atoms with Crippen molar-refractivity contribution in [3.63, 3.8) is 0 Å². The molecule has 2 amide bonds. The second-order valence-electron chi connectivity index (χ2n) is 9.83. The summed E-state index contributed by atoms with van der Waals surface area (Å²) in [6, 6.07) is 0. The lowest BCUT2D eigenvalue weighted by Gasteiger charge is -2.08. The predicted molar refractivity (Wildman–Crippen MR) is 149 cm³/mol. The van der Waals surface area contributed by atoms with Crippen LogP contribution in [0.25, 0.3) is 0 Å². The van der Waals surface area contributed by atoms with Crippen LogP contribution in [-0.2, 0) is 35.5 Å². The quantitative estimate of drug-likeness (QED) is 0.134. The van der Waals surface area contributed by atoms with Crippen molar-refractivity contribution in [1.82, 2.24) is 30.7 Å². The van der Waals surface area contributed by atoms with Crippen molar-refractivity contribution in [2.75, 3.05) is 39.2 Å². The highest BCUT2D eigenvalue weighted by molar-refractivity contribution is 7.90. The van der Waals surface area contributed by atoms with Crippen molar-refractivity contribution >= 4 is 21.8 Å². The molecule has 12 nitrogen and oxygen atoms in total. The molecule has 0 unspecified atom stereocenters. The molecule has 3 N–H and O–H groups in total. The Kier molecular flexibility index (Phi) is 21.2. The lowest BCUT2D eigenvalue weighted by molar-refractivity contribution is -0.121. The van der Waals surface area contributed by atoms with Gasteiger partial charge in [-0.1, -0.05) is 75.8 Å². The Balaban J connectivity index is 1.86. The highest BCUT2D eigenvalue weighted by Crippen LogP contribution is 2.13. The molecule has 39 heavy (non-hydrogen) atoms. The number of aromatic amines is 1. The molecule has 0 bridgehead atoms. The third-order valence-electron chi connectivity index (χ3n) is 6.28. The summed E-state index contributed by atoms with van der Waals surface area (Å²) in [5, 5.41) is 16.6. The van der Waals surface area contributed by atoms with Crippen LogP contribution in [0.3, 0.4) is 0 Å². The van der Waals surface area contributed by atoms with Gasteiger partial charge in [0.1, 0.15) is 0 Å².